The summed E-state index contributed by atoms with van der Waals surface area (Å²) in [6.45, 7) is 6.88. The monoisotopic (exact) mass is 537 g/mol. The number of carbonyl (C=O) groups is 2. The highest BCUT2D eigenvalue weighted by molar-refractivity contribution is 6.42. The Labute approximate surface area is 215 Å². The van der Waals surface area contributed by atoms with Crippen LogP contribution >= 0.6 is 34.8 Å². The van der Waals surface area contributed by atoms with Crippen molar-refractivity contribution in [2.45, 2.75) is 20.4 Å². The van der Waals surface area contributed by atoms with Crippen LogP contribution in [0.2, 0.25) is 15.1 Å². The number of benzene rings is 2. The Hall–Kier alpha value is -3.13. The molecule has 6 nitrogen and oxygen atoms in total. The van der Waals surface area contributed by atoms with Gasteiger partial charge in [-0.15, -0.1) is 0 Å². The van der Waals surface area contributed by atoms with Gasteiger partial charge >= 0.3 is 11.9 Å². The van der Waals surface area contributed by atoms with E-state index in [2.05, 4.69) is 6.58 Å². The van der Waals surface area contributed by atoms with Gasteiger partial charge in [-0.2, -0.15) is 0 Å². The number of carboxylic acids is 1. The minimum atomic E-state index is -1.51. The maximum absolute atomic E-state index is 15.1. The number of ether oxygens (including phenoxy) is 1. The first-order valence-electron chi connectivity index (χ1n) is 10.3. The molecule has 35 heavy (non-hydrogen) atoms. The number of hydrogen-bond donors (Lipinski definition) is 1. The van der Waals surface area contributed by atoms with Crippen molar-refractivity contribution < 1.29 is 23.8 Å². The van der Waals surface area contributed by atoms with Crippen LogP contribution in [-0.2, 0) is 11.3 Å². The van der Waals surface area contributed by atoms with Crippen molar-refractivity contribution in [2.75, 3.05) is 6.61 Å². The van der Waals surface area contributed by atoms with Crippen LogP contribution in [0.25, 0.3) is 22.4 Å². The molecule has 0 amide bonds. The van der Waals surface area contributed by atoms with Gasteiger partial charge in [0.25, 0.3) is 0 Å². The molecule has 0 unspecified atom stereocenters. The molecule has 0 aliphatic heterocycles. The fourth-order valence-corrected chi connectivity index (χ4v) is 4.32. The molecule has 0 atom stereocenters. The molecule has 0 fully saturated rings. The van der Waals surface area contributed by atoms with Crippen molar-refractivity contribution in [2.24, 2.45) is 0 Å². The van der Waals surface area contributed by atoms with E-state index in [0.29, 0.717) is 5.56 Å². The molecule has 10 heteroatoms. The number of pyridine rings is 1. The Bertz CT molecular complexity index is 1430. The average molecular weight is 539 g/mol. The molecule has 0 aliphatic rings. The van der Waals surface area contributed by atoms with Gasteiger partial charge in [-0.05, 0) is 38.1 Å². The zero-order chi connectivity index (χ0) is 26.0. The van der Waals surface area contributed by atoms with Crippen LogP contribution in [0.15, 0.2) is 47.8 Å². The summed E-state index contributed by atoms with van der Waals surface area (Å²) >= 11 is 18.2. The molecule has 1 aromatic heterocycles. The SMILES string of the molecule is C=CCOC(=O)c1cc(-c2c(C)n(CC)c(-c3ccc(Cl)c(Cl)c3)c(C(=O)O)c2=O)c(F)cc1Cl. The normalized spacial score (nSPS) is 10.8. The molecule has 1 heterocycles. The van der Waals surface area contributed by atoms with E-state index in [1.165, 1.54) is 24.3 Å². The number of carbonyl (C=O) groups excluding carboxylic acids is 1. The molecule has 182 valence electrons. The summed E-state index contributed by atoms with van der Waals surface area (Å²) in [5.41, 5.74) is -1.51. The fourth-order valence-electron chi connectivity index (χ4n) is 3.80. The molecule has 3 rings (SSSR count). The molecule has 0 saturated heterocycles. The third-order valence-corrected chi connectivity index (χ3v) is 6.38. The van der Waals surface area contributed by atoms with Crippen LogP contribution in [0.3, 0.4) is 0 Å². The minimum Gasteiger partial charge on any atom is -0.477 e. The molecule has 0 saturated carbocycles. The van der Waals surface area contributed by atoms with Crippen LogP contribution in [0, 0.1) is 12.7 Å². The van der Waals surface area contributed by atoms with Gasteiger partial charge in [0, 0.05) is 23.4 Å². The third-order valence-electron chi connectivity index (χ3n) is 5.33. The topological polar surface area (TPSA) is 85.6 Å². The first-order valence-corrected chi connectivity index (χ1v) is 11.4. The number of carboxylic acid groups (broad SMARTS) is 1. The molecule has 2 aromatic carbocycles. The fraction of sp³-hybridized carbons (Fsp3) is 0.160. The van der Waals surface area contributed by atoms with E-state index >= 15 is 4.39 Å². The molecule has 0 radical (unpaired) electrons. The Morgan fingerprint density at radius 3 is 2.40 bits per heavy atom. The van der Waals surface area contributed by atoms with Gasteiger partial charge in [-0.1, -0.05) is 53.5 Å². The molecular weight excluding hydrogens is 520 g/mol. The highest BCUT2D eigenvalue weighted by Crippen LogP contribution is 2.35. The predicted molar refractivity (Wildman–Crippen MR) is 134 cm³/mol. The summed E-state index contributed by atoms with van der Waals surface area (Å²) in [7, 11) is 0. The first-order chi connectivity index (χ1) is 16.5. The van der Waals surface area contributed by atoms with Crippen molar-refractivity contribution >= 4 is 46.7 Å². The first kappa shape index (κ1) is 26.5. The maximum atomic E-state index is 15.1. The zero-order valence-electron chi connectivity index (χ0n) is 18.6. The molecule has 0 aliphatic carbocycles. The highest BCUT2D eigenvalue weighted by Gasteiger charge is 2.28. The summed E-state index contributed by atoms with van der Waals surface area (Å²) in [4.78, 5) is 38.3. The zero-order valence-corrected chi connectivity index (χ0v) is 20.9. The van der Waals surface area contributed by atoms with E-state index < -0.39 is 28.7 Å². The van der Waals surface area contributed by atoms with E-state index in [9.17, 15) is 19.5 Å². The molecular formula is C25H19Cl3FNO5. The Balaban J connectivity index is 2.41. The van der Waals surface area contributed by atoms with Gasteiger partial charge in [-0.25, -0.2) is 14.0 Å². The second-order valence-electron chi connectivity index (χ2n) is 7.39. The van der Waals surface area contributed by atoms with E-state index in [1.807, 2.05) is 0 Å². The van der Waals surface area contributed by atoms with Crippen LogP contribution in [0.1, 0.15) is 33.3 Å². The van der Waals surface area contributed by atoms with Gasteiger partial charge < -0.3 is 14.4 Å². The lowest BCUT2D eigenvalue weighted by Crippen LogP contribution is -2.25. The largest absolute Gasteiger partial charge is 0.477 e. The Morgan fingerprint density at radius 2 is 1.83 bits per heavy atom. The minimum absolute atomic E-state index is 0.0878. The Morgan fingerprint density at radius 1 is 1.14 bits per heavy atom. The summed E-state index contributed by atoms with van der Waals surface area (Å²) in [5.74, 6) is -3.27. The van der Waals surface area contributed by atoms with Crippen molar-refractivity contribution in [1.29, 1.82) is 0 Å². The number of nitrogens with zero attached hydrogens (tertiary/aromatic N) is 1. The summed E-state index contributed by atoms with van der Waals surface area (Å²) in [6.07, 6.45) is 1.35. The standard InChI is InChI=1S/C25H19Cl3FNO5/c1-4-8-35-25(34)14-10-15(19(29)11-17(14)27)20-12(3)30(5-2)22(21(23(20)31)24(32)33)13-6-7-16(26)18(28)9-13/h4,6-7,9-11H,1,5,8H2,2-3H3,(H,32,33). The van der Waals surface area contributed by atoms with Gasteiger partial charge in [-0.3, -0.25) is 4.79 Å². The number of aromatic carboxylic acids is 1. The van der Waals surface area contributed by atoms with E-state index in [1.54, 1.807) is 18.4 Å². The van der Waals surface area contributed by atoms with Gasteiger partial charge in [0.1, 0.15) is 18.0 Å². The van der Waals surface area contributed by atoms with Crippen LogP contribution in [-0.4, -0.2) is 28.2 Å². The number of aromatic nitrogens is 1. The lowest BCUT2D eigenvalue weighted by Gasteiger charge is -2.22. The highest BCUT2D eigenvalue weighted by atomic mass is 35.5. The van der Waals surface area contributed by atoms with Crippen LogP contribution < -0.4 is 5.43 Å². The summed E-state index contributed by atoms with van der Waals surface area (Å²) < 4.78 is 21.6. The molecule has 0 spiro atoms. The van der Waals surface area contributed by atoms with E-state index in [0.717, 1.165) is 12.1 Å². The smallest absolute Gasteiger partial charge is 0.341 e. The van der Waals surface area contributed by atoms with Gasteiger partial charge in [0.05, 0.1) is 31.9 Å². The third kappa shape index (κ3) is 4.98. The van der Waals surface area contributed by atoms with Gasteiger partial charge in [0.15, 0.2) is 0 Å². The summed E-state index contributed by atoms with van der Waals surface area (Å²) in [5, 5.41) is 10.2. The maximum Gasteiger partial charge on any atom is 0.341 e. The second-order valence-corrected chi connectivity index (χ2v) is 8.61. The number of esters is 1. The lowest BCUT2D eigenvalue weighted by atomic mass is 9.95. The van der Waals surface area contributed by atoms with E-state index in [4.69, 9.17) is 39.5 Å². The quantitative estimate of drug-likeness (QED) is 0.269. The van der Waals surface area contributed by atoms with Crippen molar-refractivity contribution in [3.63, 3.8) is 0 Å². The lowest BCUT2D eigenvalue weighted by molar-refractivity contribution is 0.0549. The molecule has 3 aromatic rings. The number of hydrogen-bond acceptors (Lipinski definition) is 4. The van der Waals surface area contributed by atoms with Gasteiger partial charge in [0.2, 0.25) is 5.43 Å². The second kappa shape index (κ2) is 10.6. The van der Waals surface area contributed by atoms with E-state index in [-0.39, 0.29) is 56.3 Å². The number of rotatable bonds is 7. The van der Waals surface area contributed by atoms with Crippen molar-refractivity contribution in [1.82, 2.24) is 4.57 Å². The van der Waals surface area contributed by atoms with Crippen molar-refractivity contribution in [3.05, 3.63) is 90.9 Å². The molecule has 0 bridgehead atoms. The van der Waals surface area contributed by atoms with Crippen molar-refractivity contribution in [3.8, 4) is 22.4 Å². The predicted octanol–water partition coefficient (Wildman–Crippen LogP) is 6.65. The molecule has 1 N–H and O–H groups in total. The van der Waals surface area contributed by atoms with Crippen LogP contribution in [0.4, 0.5) is 4.39 Å². The van der Waals surface area contributed by atoms with Crippen LogP contribution in [0.5, 0.6) is 0 Å². The average Bonchev–Trinajstić information content (AvgIpc) is 2.80. The Kier molecular flexibility index (Phi) is 8.05. The number of halogens is 4. The summed E-state index contributed by atoms with van der Waals surface area (Å²) in [6, 6.07) is 6.43.